The van der Waals surface area contributed by atoms with Gasteiger partial charge in [0.05, 0.1) is 12.1 Å². The normalized spacial score (nSPS) is 10.8. The Morgan fingerprint density at radius 1 is 1.19 bits per heavy atom. The minimum Gasteiger partial charge on any atom is -0.308 e. The number of aryl methyl sites for hydroxylation is 1. The smallest absolute Gasteiger partial charge is 0.251 e. The molecule has 0 aliphatic heterocycles. The average Bonchev–Trinajstić information content (AvgIpc) is 2.49. The van der Waals surface area contributed by atoms with Gasteiger partial charge in [-0.25, -0.2) is 15.8 Å². The molecule has 0 fully saturated rings. The topological polar surface area (TPSA) is 85.8 Å². The molecular weight excluding hydrogens is 266 g/mol. The number of hydrazine groups is 1. The molecule has 2 heterocycles. The molecule has 0 aliphatic rings. The number of hydrogen-bond donors (Lipinski definition) is 2. The van der Waals surface area contributed by atoms with Crippen LogP contribution in [-0.2, 0) is 6.54 Å². The predicted molar refractivity (Wildman–Crippen MR) is 81.9 cm³/mol. The SMILES string of the molecule is Cc1cc(NN)nc(Cn2c(=O)ccc3ccccc32)n1. The number of hydrogen-bond acceptors (Lipinski definition) is 5. The quantitative estimate of drug-likeness (QED) is 0.560. The van der Waals surface area contributed by atoms with Gasteiger partial charge in [-0.1, -0.05) is 18.2 Å². The van der Waals surface area contributed by atoms with Gasteiger partial charge >= 0.3 is 0 Å². The minimum atomic E-state index is -0.0823. The lowest BCUT2D eigenvalue weighted by Gasteiger charge is -2.10. The van der Waals surface area contributed by atoms with Gasteiger partial charge in [0.1, 0.15) is 5.82 Å². The number of nitrogen functional groups attached to an aromatic ring is 1. The molecule has 106 valence electrons. The van der Waals surface area contributed by atoms with Gasteiger partial charge in [-0.3, -0.25) is 4.79 Å². The van der Waals surface area contributed by atoms with Crippen LogP contribution in [0.1, 0.15) is 11.5 Å². The molecule has 6 nitrogen and oxygen atoms in total. The average molecular weight is 281 g/mol. The van der Waals surface area contributed by atoms with Crippen molar-refractivity contribution in [2.45, 2.75) is 13.5 Å². The van der Waals surface area contributed by atoms with Crippen LogP contribution in [0.25, 0.3) is 10.9 Å². The van der Waals surface area contributed by atoms with Crippen molar-refractivity contribution in [3.8, 4) is 0 Å². The summed E-state index contributed by atoms with van der Waals surface area (Å²) in [5, 5.41) is 1.00. The highest BCUT2D eigenvalue weighted by Gasteiger charge is 2.07. The summed E-state index contributed by atoms with van der Waals surface area (Å²) in [5.74, 6) is 6.47. The van der Waals surface area contributed by atoms with E-state index in [-0.39, 0.29) is 5.56 Å². The number of rotatable bonds is 3. The number of benzene rings is 1. The number of para-hydroxylation sites is 1. The molecule has 3 rings (SSSR count). The molecule has 2 aromatic heterocycles. The van der Waals surface area contributed by atoms with E-state index in [0.717, 1.165) is 16.6 Å². The van der Waals surface area contributed by atoms with E-state index >= 15 is 0 Å². The Balaban J connectivity index is 2.12. The number of anilines is 1. The maximum Gasteiger partial charge on any atom is 0.251 e. The monoisotopic (exact) mass is 281 g/mol. The molecule has 0 spiro atoms. The fourth-order valence-corrected chi connectivity index (χ4v) is 2.32. The standard InChI is InChI=1S/C15H15N5O/c1-10-8-13(19-16)18-14(17-10)9-20-12-5-3-2-4-11(12)6-7-15(20)21/h2-8H,9,16H2,1H3,(H,17,18,19). The maximum atomic E-state index is 12.1. The second-order valence-electron chi connectivity index (χ2n) is 4.77. The van der Waals surface area contributed by atoms with Crippen LogP contribution in [0, 0.1) is 6.92 Å². The molecular formula is C15H15N5O. The molecule has 0 saturated carbocycles. The van der Waals surface area contributed by atoms with Crippen molar-refractivity contribution >= 4 is 16.7 Å². The highest BCUT2D eigenvalue weighted by molar-refractivity contribution is 5.78. The summed E-state index contributed by atoms with van der Waals surface area (Å²) in [6.45, 7) is 2.16. The first-order valence-corrected chi connectivity index (χ1v) is 6.57. The molecule has 3 aromatic rings. The van der Waals surface area contributed by atoms with E-state index in [2.05, 4.69) is 15.4 Å². The Labute approximate surface area is 121 Å². The number of pyridine rings is 1. The van der Waals surface area contributed by atoms with E-state index in [4.69, 9.17) is 5.84 Å². The summed E-state index contributed by atoms with van der Waals surface area (Å²) in [6.07, 6.45) is 0. The fourth-order valence-electron chi connectivity index (χ4n) is 2.32. The van der Waals surface area contributed by atoms with Crippen molar-refractivity contribution in [3.05, 3.63) is 64.3 Å². The molecule has 1 aromatic carbocycles. The van der Waals surface area contributed by atoms with E-state index < -0.39 is 0 Å². The van der Waals surface area contributed by atoms with E-state index in [1.807, 2.05) is 37.3 Å². The van der Waals surface area contributed by atoms with Gasteiger partial charge in [0.15, 0.2) is 5.82 Å². The first-order valence-electron chi connectivity index (χ1n) is 6.57. The lowest BCUT2D eigenvalue weighted by atomic mass is 10.2. The van der Waals surface area contributed by atoms with Gasteiger partial charge in [0.25, 0.3) is 5.56 Å². The zero-order valence-corrected chi connectivity index (χ0v) is 11.6. The second-order valence-corrected chi connectivity index (χ2v) is 4.77. The first kappa shape index (κ1) is 13.3. The molecule has 21 heavy (non-hydrogen) atoms. The van der Waals surface area contributed by atoms with E-state index in [1.54, 1.807) is 16.7 Å². The van der Waals surface area contributed by atoms with Crippen LogP contribution >= 0.6 is 0 Å². The van der Waals surface area contributed by atoms with Crippen LogP contribution in [0.2, 0.25) is 0 Å². The number of nitrogens with zero attached hydrogens (tertiary/aromatic N) is 3. The Kier molecular flexibility index (Phi) is 3.37. The summed E-state index contributed by atoms with van der Waals surface area (Å²) in [5.41, 5.74) is 4.08. The lowest BCUT2D eigenvalue weighted by molar-refractivity contribution is 0.738. The van der Waals surface area contributed by atoms with Crippen LogP contribution in [0.4, 0.5) is 5.82 Å². The maximum absolute atomic E-state index is 12.1. The second kappa shape index (κ2) is 5.34. The van der Waals surface area contributed by atoms with Crippen molar-refractivity contribution in [3.63, 3.8) is 0 Å². The molecule has 6 heteroatoms. The van der Waals surface area contributed by atoms with Crippen LogP contribution in [0.3, 0.4) is 0 Å². The number of nitrogens with one attached hydrogen (secondary N) is 1. The molecule has 0 bridgehead atoms. The highest BCUT2D eigenvalue weighted by atomic mass is 16.1. The minimum absolute atomic E-state index is 0.0823. The highest BCUT2D eigenvalue weighted by Crippen LogP contribution is 2.12. The van der Waals surface area contributed by atoms with Crippen molar-refractivity contribution in [2.24, 2.45) is 5.84 Å². The third-order valence-electron chi connectivity index (χ3n) is 3.25. The largest absolute Gasteiger partial charge is 0.308 e. The van der Waals surface area contributed by atoms with Crippen LogP contribution < -0.4 is 16.8 Å². The molecule has 0 radical (unpaired) electrons. The van der Waals surface area contributed by atoms with Gasteiger partial charge in [-0.05, 0) is 24.4 Å². The molecule has 0 amide bonds. The summed E-state index contributed by atoms with van der Waals surface area (Å²) in [6, 6.07) is 12.8. The molecule has 0 aliphatic carbocycles. The summed E-state index contributed by atoms with van der Waals surface area (Å²) in [7, 11) is 0. The Hall–Kier alpha value is -2.73. The van der Waals surface area contributed by atoms with Gasteiger partial charge in [-0.2, -0.15) is 0 Å². The Morgan fingerprint density at radius 2 is 2.00 bits per heavy atom. The van der Waals surface area contributed by atoms with Gasteiger partial charge in [0.2, 0.25) is 0 Å². The van der Waals surface area contributed by atoms with Gasteiger partial charge in [0, 0.05) is 17.8 Å². The first-order chi connectivity index (χ1) is 10.2. The van der Waals surface area contributed by atoms with Gasteiger partial charge in [-0.15, -0.1) is 0 Å². The number of nitrogens with two attached hydrogens (primary N) is 1. The van der Waals surface area contributed by atoms with Gasteiger partial charge < -0.3 is 9.99 Å². The molecule has 3 N–H and O–H groups in total. The van der Waals surface area contributed by atoms with Crippen LogP contribution in [0.15, 0.2) is 47.3 Å². The Morgan fingerprint density at radius 3 is 2.81 bits per heavy atom. The third-order valence-corrected chi connectivity index (χ3v) is 3.25. The number of fused-ring (bicyclic) bond motifs is 1. The number of aromatic nitrogens is 3. The van der Waals surface area contributed by atoms with Crippen LogP contribution in [0.5, 0.6) is 0 Å². The van der Waals surface area contributed by atoms with E-state index in [9.17, 15) is 4.79 Å². The Bertz CT molecular complexity index is 856. The predicted octanol–water partition coefficient (Wildman–Crippen LogP) is 1.43. The summed E-state index contributed by atoms with van der Waals surface area (Å²) < 4.78 is 1.66. The van der Waals surface area contributed by atoms with Crippen molar-refractivity contribution in [1.29, 1.82) is 0 Å². The lowest BCUT2D eigenvalue weighted by Crippen LogP contribution is -2.21. The zero-order valence-electron chi connectivity index (χ0n) is 11.6. The molecule has 0 atom stereocenters. The summed E-state index contributed by atoms with van der Waals surface area (Å²) >= 11 is 0. The van der Waals surface area contributed by atoms with E-state index in [0.29, 0.717) is 18.2 Å². The van der Waals surface area contributed by atoms with E-state index in [1.165, 1.54) is 0 Å². The van der Waals surface area contributed by atoms with Crippen molar-refractivity contribution in [2.75, 3.05) is 5.43 Å². The van der Waals surface area contributed by atoms with Crippen LogP contribution in [-0.4, -0.2) is 14.5 Å². The third kappa shape index (κ3) is 2.61. The zero-order chi connectivity index (χ0) is 14.8. The molecule has 0 saturated heterocycles. The fraction of sp³-hybridized carbons (Fsp3) is 0.133. The summed E-state index contributed by atoms with van der Waals surface area (Å²) in [4.78, 5) is 20.8. The molecule has 0 unspecified atom stereocenters. The van der Waals surface area contributed by atoms with Crippen molar-refractivity contribution in [1.82, 2.24) is 14.5 Å². The van der Waals surface area contributed by atoms with Crippen molar-refractivity contribution < 1.29 is 0 Å².